The molecule has 3 aromatic rings. The number of carbonyl (C=O) groups is 1. The van der Waals surface area contributed by atoms with E-state index in [-0.39, 0.29) is 12.5 Å². The Balaban J connectivity index is 1.60. The second-order valence-electron chi connectivity index (χ2n) is 7.55. The molecule has 0 saturated carbocycles. The Bertz CT molecular complexity index is 977. The first-order chi connectivity index (χ1) is 13.8. The van der Waals surface area contributed by atoms with Crippen LogP contribution in [0.1, 0.15) is 49.3 Å². The highest BCUT2D eigenvalue weighted by molar-refractivity contribution is 5.80. The Morgan fingerprint density at radius 3 is 2.45 bits per heavy atom. The summed E-state index contributed by atoms with van der Waals surface area (Å²) >= 11 is 0. The van der Waals surface area contributed by atoms with Gasteiger partial charge in [-0.1, -0.05) is 61.0 Å². The number of aryl methyl sites for hydroxylation is 2. The van der Waals surface area contributed by atoms with Crippen molar-refractivity contribution in [2.24, 2.45) is 0 Å². The molecule has 0 spiro atoms. The molecule has 0 unspecified atom stereocenters. The van der Waals surface area contributed by atoms with Crippen molar-refractivity contribution in [3.63, 3.8) is 0 Å². The van der Waals surface area contributed by atoms with Crippen molar-refractivity contribution in [3.05, 3.63) is 65.0 Å². The van der Waals surface area contributed by atoms with Crippen LogP contribution in [0.15, 0.2) is 47.0 Å². The third-order valence-electron chi connectivity index (χ3n) is 4.66. The second-order valence-corrected chi connectivity index (χ2v) is 7.55. The van der Waals surface area contributed by atoms with Crippen LogP contribution in [0.3, 0.4) is 0 Å². The highest BCUT2D eigenvalue weighted by atomic mass is 16.5. The molecule has 1 heterocycles. The van der Waals surface area contributed by atoms with Crippen LogP contribution in [0.5, 0.6) is 5.75 Å². The van der Waals surface area contributed by atoms with E-state index in [1.54, 1.807) is 6.92 Å². The molecule has 0 aliphatic heterocycles. The molecule has 1 amide bonds. The van der Waals surface area contributed by atoms with Crippen LogP contribution in [0.2, 0.25) is 0 Å². The van der Waals surface area contributed by atoms with E-state index < -0.39 is 6.10 Å². The van der Waals surface area contributed by atoms with Crippen LogP contribution in [0.4, 0.5) is 0 Å². The number of hydrogen-bond donors (Lipinski definition) is 1. The number of nitrogens with one attached hydrogen (secondary N) is 1. The SMILES string of the molecule is Cc1ccc(-c2noc(CNC(=O)[C@H](C)Oc3cc(C)ccc3C(C)C)n2)cc1. The molecule has 3 rings (SSSR count). The fraction of sp³-hybridized carbons (Fsp3) is 0.348. The number of hydrogen-bond acceptors (Lipinski definition) is 5. The van der Waals surface area contributed by atoms with Crippen molar-refractivity contribution in [1.29, 1.82) is 0 Å². The van der Waals surface area contributed by atoms with E-state index in [2.05, 4.69) is 29.3 Å². The van der Waals surface area contributed by atoms with Gasteiger partial charge < -0.3 is 14.6 Å². The summed E-state index contributed by atoms with van der Waals surface area (Å²) in [6.45, 7) is 10.1. The van der Waals surface area contributed by atoms with Crippen LogP contribution >= 0.6 is 0 Å². The highest BCUT2D eigenvalue weighted by Gasteiger charge is 2.18. The average Bonchev–Trinajstić information content (AvgIpc) is 3.15. The molecule has 6 nitrogen and oxygen atoms in total. The number of nitrogens with zero attached hydrogens (tertiary/aromatic N) is 2. The monoisotopic (exact) mass is 393 g/mol. The zero-order valence-corrected chi connectivity index (χ0v) is 17.5. The molecule has 0 radical (unpaired) electrons. The summed E-state index contributed by atoms with van der Waals surface area (Å²) in [7, 11) is 0. The number of ether oxygens (including phenoxy) is 1. The molecule has 1 atom stereocenters. The minimum absolute atomic E-state index is 0.149. The van der Waals surface area contributed by atoms with E-state index in [0.717, 1.165) is 28.0 Å². The first kappa shape index (κ1) is 20.6. The number of aromatic nitrogens is 2. The number of benzene rings is 2. The third kappa shape index (κ3) is 5.22. The second kappa shape index (κ2) is 8.90. The molecule has 1 N–H and O–H groups in total. The molecular formula is C23H27N3O3. The largest absolute Gasteiger partial charge is 0.481 e. The van der Waals surface area contributed by atoms with Crippen molar-refractivity contribution in [2.75, 3.05) is 0 Å². The van der Waals surface area contributed by atoms with Crippen molar-refractivity contribution in [1.82, 2.24) is 15.5 Å². The molecule has 0 fully saturated rings. The lowest BCUT2D eigenvalue weighted by Gasteiger charge is -2.19. The fourth-order valence-corrected chi connectivity index (χ4v) is 2.92. The van der Waals surface area contributed by atoms with E-state index in [1.807, 2.05) is 56.3 Å². The van der Waals surface area contributed by atoms with Crippen molar-refractivity contribution in [3.8, 4) is 17.1 Å². The van der Waals surface area contributed by atoms with Crippen LogP contribution in [0, 0.1) is 13.8 Å². The predicted octanol–water partition coefficient (Wildman–Crippen LogP) is 4.56. The summed E-state index contributed by atoms with van der Waals surface area (Å²) in [5.41, 5.74) is 4.20. The highest BCUT2D eigenvalue weighted by Crippen LogP contribution is 2.28. The molecule has 0 aliphatic rings. The molecule has 0 bridgehead atoms. The average molecular weight is 393 g/mol. The Morgan fingerprint density at radius 1 is 1.07 bits per heavy atom. The van der Waals surface area contributed by atoms with Crippen LogP contribution in [0.25, 0.3) is 11.4 Å². The van der Waals surface area contributed by atoms with E-state index in [4.69, 9.17) is 9.26 Å². The van der Waals surface area contributed by atoms with Gasteiger partial charge in [0, 0.05) is 5.56 Å². The van der Waals surface area contributed by atoms with Gasteiger partial charge in [0.05, 0.1) is 6.54 Å². The Morgan fingerprint density at radius 2 is 1.76 bits per heavy atom. The van der Waals surface area contributed by atoms with E-state index in [9.17, 15) is 4.79 Å². The zero-order valence-electron chi connectivity index (χ0n) is 17.5. The van der Waals surface area contributed by atoms with Crippen LogP contribution < -0.4 is 10.1 Å². The van der Waals surface area contributed by atoms with Gasteiger partial charge >= 0.3 is 0 Å². The van der Waals surface area contributed by atoms with Crippen LogP contribution in [-0.2, 0) is 11.3 Å². The molecule has 0 saturated heterocycles. The van der Waals surface area contributed by atoms with E-state index in [0.29, 0.717) is 17.6 Å². The smallest absolute Gasteiger partial charge is 0.261 e. The summed E-state index contributed by atoms with van der Waals surface area (Å²) in [6.07, 6.45) is -0.645. The van der Waals surface area contributed by atoms with Gasteiger partial charge in [0.2, 0.25) is 11.7 Å². The van der Waals surface area contributed by atoms with Gasteiger partial charge in [-0.15, -0.1) is 0 Å². The lowest BCUT2D eigenvalue weighted by atomic mass is 10.0. The molecular weight excluding hydrogens is 366 g/mol. The fourth-order valence-electron chi connectivity index (χ4n) is 2.92. The number of carbonyl (C=O) groups excluding carboxylic acids is 1. The van der Waals surface area contributed by atoms with E-state index in [1.165, 1.54) is 0 Å². The molecule has 29 heavy (non-hydrogen) atoms. The van der Waals surface area contributed by atoms with Crippen molar-refractivity contribution >= 4 is 5.91 Å². The summed E-state index contributed by atoms with van der Waals surface area (Å²) in [4.78, 5) is 16.8. The normalized spacial score (nSPS) is 12.1. The zero-order chi connectivity index (χ0) is 21.0. The predicted molar refractivity (Wildman–Crippen MR) is 112 cm³/mol. The Labute approximate surface area is 171 Å². The molecule has 0 aliphatic carbocycles. The van der Waals surface area contributed by atoms with Gasteiger partial charge in [0.1, 0.15) is 5.75 Å². The van der Waals surface area contributed by atoms with Gasteiger partial charge in [0.15, 0.2) is 6.10 Å². The molecule has 2 aromatic carbocycles. The van der Waals surface area contributed by atoms with Gasteiger partial charge in [0.25, 0.3) is 5.91 Å². The summed E-state index contributed by atoms with van der Waals surface area (Å²) in [5.74, 6) is 1.65. The van der Waals surface area contributed by atoms with Gasteiger partial charge in [-0.25, -0.2) is 0 Å². The third-order valence-corrected chi connectivity index (χ3v) is 4.66. The lowest BCUT2D eigenvalue weighted by molar-refractivity contribution is -0.127. The van der Waals surface area contributed by atoms with Crippen LogP contribution in [-0.4, -0.2) is 22.2 Å². The molecule has 152 valence electrons. The molecule has 6 heteroatoms. The lowest BCUT2D eigenvalue weighted by Crippen LogP contribution is -2.36. The number of rotatable bonds is 7. The standard InChI is InChI=1S/C23H27N3O3/c1-14(2)19-11-8-16(4)12-20(19)28-17(5)23(27)24-13-21-25-22(26-29-21)18-9-6-15(3)7-10-18/h6-12,14,17H,13H2,1-5H3,(H,24,27)/t17-/m0/s1. The van der Waals surface area contributed by atoms with Gasteiger partial charge in [-0.2, -0.15) is 4.98 Å². The quantitative estimate of drug-likeness (QED) is 0.637. The van der Waals surface area contributed by atoms with E-state index >= 15 is 0 Å². The minimum Gasteiger partial charge on any atom is -0.481 e. The summed E-state index contributed by atoms with van der Waals surface area (Å²) in [6, 6.07) is 13.9. The minimum atomic E-state index is -0.645. The topological polar surface area (TPSA) is 77.2 Å². The molecule has 1 aromatic heterocycles. The maximum atomic E-state index is 12.5. The maximum absolute atomic E-state index is 12.5. The summed E-state index contributed by atoms with van der Waals surface area (Å²) < 4.78 is 11.2. The summed E-state index contributed by atoms with van der Waals surface area (Å²) in [5, 5.41) is 6.77. The first-order valence-corrected chi connectivity index (χ1v) is 9.78. The van der Waals surface area contributed by atoms with Gasteiger partial charge in [-0.05, 0) is 43.9 Å². The van der Waals surface area contributed by atoms with Crippen molar-refractivity contribution < 1.29 is 14.1 Å². The first-order valence-electron chi connectivity index (χ1n) is 9.78. The maximum Gasteiger partial charge on any atom is 0.261 e. The Hall–Kier alpha value is -3.15. The number of amides is 1. The van der Waals surface area contributed by atoms with Gasteiger partial charge in [-0.3, -0.25) is 4.79 Å². The Kier molecular flexibility index (Phi) is 6.32. The van der Waals surface area contributed by atoms with Crippen molar-refractivity contribution in [2.45, 2.75) is 53.2 Å².